The van der Waals surface area contributed by atoms with Gasteiger partial charge in [-0.2, -0.15) is 5.26 Å². The van der Waals surface area contributed by atoms with E-state index >= 15 is 0 Å². The summed E-state index contributed by atoms with van der Waals surface area (Å²) in [7, 11) is 0. The van der Waals surface area contributed by atoms with Gasteiger partial charge in [-0.05, 0) is 23.8 Å². The summed E-state index contributed by atoms with van der Waals surface area (Å²) in [4.78, 5) is 3.70. The second kappa shape index (κ2) is 6.63. The van der Waals surface area contributed by atoms with E-state index in [1.165, 1.54) is 6.07 Å². The molecular weight excluding hydrogens is 297 g/mol. The third-order valence-corrected chi connectivity index (χ3v) is 3.75. The normalized spacial score (nSPS) is 15.1. The maximum atomic E-state index is 13.9. The molecule has 3 rings (SSSR count). The van der Waals surface area contributed by atoms with Crippen LogP contribution in [0.25, 0.3) is 11.1 Å². The Morgan fingerprint density at radius 2 is 2.09 bits per heavy atom. The monoisotopic (exact) mass is 313 g/mol. The highest BCUT2D eigenvalue weighted by molar-refractivity contribution is 5.69. The van der Waals surface area contributed by atoms with E-state index in [2.05, 4.69) is 11.1 Å². The van der Waals surface area contributed by atoms with E-state index in [0.29, 0.717) is 35.7 Å². The van der Waals surface area contributed by atoms with E-state index < -0.39 is 5.82 Å². The summed E-state index contributed by atoms with van der Waals surface area (Å²) in [5.74, 6) is 0.245. The van der Waals surface area contributed by atoms with Gasteiger partial charge in [0.05, 0.1) is 25.0 Å². The molecule has 2 N–H and O–H groups in total. The van der Waals surface area contributed by atoms with Crippen molar-refractivity contribution in [3.05, 3.63) is 41.8 Å². The van der Waals surface area contributed by atoms with E-state index in [0.717, 1.165) is 19.0 Å². The fraction of sp³-hybridized carbons (Fsp3) is 0.294. The molecule has 0 spiro atoms. The number of pyridine rings is 1. The number of benzene rings is 1. The molecule has 5 nitrogen and oxygen atoms in total. The molecule has 1 aromatic carbocycles. The maximum Gasteiger partial charge on any atom is 0.149 e. The molecule has 0 bridgehead atoms. The number of nitrogens with two attached hydrogens (primary N) is 1. The van der Waals surface area contributed by atoms with Gasteiger partial charge in [0.2, 0.25) is 0 Å². The van der Waals surface area contributed by atoms with E-state index in [-0.39, 0.29) is 11.9 Å². The van der Waals surface area contributed by atoms with Crippen LogP contribution in [0.3, 0.4) is 0 Å². The number of aromatic nitrogens is 1. The summed E-state index contributed by atoms with van der Waals surface area (Å²) in [6.07, 6.45) is 2.70. The van der Waals surface area contributed by atoms with Gasteiger partial charge in [0, 0.05) is 18.4 Å². The molecule has 1 aliphatic heterocycles. The number of nitrogen functional groups attached to an aromatic ring is 1. The van der Waals surface area contributed by atoms with Crippen LogP contribution in [0.2, 0.25) is 0 Å². The average Bonchev–Trinajstić information content (AvgIpc) is 2.58. The molecule has 0 amide bonds. The Labute approximate surface area is 133 Å². The van der Waals surface area contributed by atoms with Crippen molar-refractivity contribution >= 4 is 5.82 Å². The smallest absolute Gasteiger partial charge is 0.149 e. The molecule has 1 fully saturated rings. The number of rotatable bonds is 3. The first-order chi connectivity index (χ1) is 11.2. The largest absolute Gasteiger partial charge is 0.489 e. The summed E-state index contributed by atoms with van der Waals surface area (Å²) in [6, 6.07) is 8.57. The fourth-order valence-electron chi connectivity index (χ4n) is 2.54. The summed E-state index contributed by atoms with van der Waals surface area (Å²) < 4.78 is 25.1. The molecule has 2 aromatic rings. The number of nitrogens with zero attached hydrogens (tertiary/aromatic N) is 2. The van der Waals surface area contributed by atoms with Crippen LogP contribution in [0.1, 0.15) is 18.4 Å². The van der Waals surface area contributed by atoms with Crippen LogP contribution in [0.4, 0.5) is 10.2 Å². The molecular formula is C17H16FN3O2. The molecule has 1 aromatic heterocycles. The predicted octanol–water partition coefficient (Wildman–Crippen LogP) is 2.90. The molecule has 2 heterocycles. The van der Waals surface area contributed by atoms with Crippen molar-refractivity contribution in [3.63, 3.8) is 0 Å². The molecule has 118 valence electrons. The lowest BCUT2D eigenvalue weighted by Gasteiger charge is -2.23. The van der Waals surface area contributed by atoms with Crippen LogP contribution in [0, 0.1) is 17.1 Å². The third-order valence-electron chi connectivity index (χ3n) is 3.75. The zero-order valence-corrected chi connectivity index (χ0v) is 12.5. The highest BCUT2D eigenvalue weighted by Crippen LogP contribution is 2.30. The number of anilines is 1. The Hall–Kier alpha value is -2.65. The van der Waals surface area contributed by atoms with Crippen LogP contribution in [0.5, 0.6) is 5.75 Å². The Bertz CT molecular complexity index is 752. The number of hydrogen-bond donors (Lipinski definition) is 1. The zero-order valence-electron chi connectivity index (χ0n) is 12.5. The first-order valence-corrected chi connectivity index (χ1v) is 7.37. The van der Waals surface area contributed by atoms with E-state index in [1.807, 2.05) is 0 Å². The van der Waals surface area contributed by atoms with E-state index in [9.17, 15) is 9.65 Å². The van der Waals surface area contributed by atoms with Crippen LogP contribution in [-0.4, -0.2) is 24.3 Å². The van der Waals surface area contributed by atoms with Gasteiger partial charge < -0.3 is 15.2 Å². The lowest BCUT2D eigenvalue weighted by molar-refractivity contribution is 0.0254. The Morgan fingerprint density at radius 3 is 2.83 bits per heavy atom. The fourth-order valence-corrected chi connectivity index (χ4v) is 2.54. The maximum absolute atomic E-state index is 13.9. The lowest BCUT2D eigenvalue weighted by Crippen LogP contribution is -2.26. The van der Waals surface area contributed by atoms with Crippen molar-refractivity contribution < 1.29 is 13.9 Å². The Balaban J connectivity index is 1.90. The van der Waals surface area contributed by atoms with Gasteiger partial charge in [-0.15, -0.1) is 0 Å². The number of nitriles is 1. The van der Waals surface area contributed by atoms with Gasteiger partial charge >= 0.3 is 0 Å². The van der Waals surface area contributed by atoms with Crippen molar-refractivity contribution in [1.82, 2.24) is 4.98 Å². The van der Waals surface area contributed by atoms with Crippen molar-refractivity contribution in [1.29, 1.82) is 5.26 Å². The molecule has 1 saturated heterocycles. The summed E-state index contributed by atoms with van der Waals surface area (Å²) in [6.45, 7) is 1.32. The standard InChI is InChI=1S/C17H16FN3O2/c18-15-10-21-17(20)8-14(15)11-1-2-16(12(7-11)9-19)23-13-3-5-22-6-4-13/h1-2,7-8,10,13H,3-6H2,(H2,20,21). The second-order valence-corrected chi connectivity index (χ2v) is 5.34. The molecule has 1 aliphatic rings. The second-order valence-electron chi connectivity index (χ2n) is 5.34. The van der Waals surface area contributed by atoms with Gasteiger partial charge in [0.25, 0.3) is 0 Å². The molecule has 0 unspecified atom stereocenters. The SMILES string of the molecule is N#Cc1cc(-c2cc(N)ncc2F)ccc1OC1CCOCC1. The van der Waals surface area contributed by atoms with E-state index in [1.54, 1.807) is 18.2 Å². The lowest BCUT2D eigenvalue weighted by atomic mass is 10.0. The van der Waals surface area contributed by atoms with Gasteiger partial charge in [0.15, 0.2) is 0 Å². The van der Waals surface area contributed by atoms with Crippen molar-refractivity contribution in [2.24, 2.45) is 0 Å². The summed E-state index contributed by atoms with van der Waals surface area (Å²) in [5, 5.41) is 9.36. The third kappa shape index (κ3) is 3.41. The van der Waals surface area contributed by atoms with Crippen molar-refractivity contribution in [2.75, 3.05) is 18.9 Å². The number of ether oxygens (including phenoxy) is 2. The summed E-state index contributed by atoms with van der Waals surface area (Å²) in [5.41, 5.74) is 6.85. The van der Waals surface area contributed by atoms with Gasteiger partial charge in [-0.1, -0.05) is 6.07 Å². The van der Waals surface area contributed by atoms with Crippen LogP contribution >= 0.6 is 0 Å². The van der Waals surface area contributed by atoms with Crippen molar-refractivity contribution in [3.8, 4) is 22.9 Å². The van der Waals surface area contributed by atoms with Crippen LogP contribution < -0.4 is 10.5 Å². The topological polar surface area (TPSA) is 81.2 Å². The van der Waals surface area contributed by atoms with Gasteiger partial charge in [0.1, 0.15) is 29.6 Å². The molecule has 23 heavy (non-hydrogen) atoms. The number of halogens is 1. The first-order valence-electron chi connectivity index (χ1n) is 7.37. The highest BCUT2D eigenvalue weighted by Gasteiger charge is 2.18. The van der Waals surface area contributed by atoms with Crippen LogP contribution in [0.15, 0.2) is 30.5 Å². The number of hydrogen-bond acceptors (Lipinski definition) is 5. The Kier molecular flexibility index (Phi) is 4.40. The first kappa shape index (κ1) is 15.3. The Morgan fingerprint density at radius 1 is 1.30 bits per heavy atom. The molecule has 0 radical (unpaired) electrons. The zero-order chi connectivity index (χ0) is 16.2. The average molecular weight is 313 g/mol. The predicted molar refractivity (Wildman–Crippen MR) is 83.2 cm³/mol. The quantitative estimate of drug-likeness (QED) is 0.942. The molecule has 6 heteroatoms. The van der Waals surface area contributed by atoms with Gasteiger partial charge in [-0.3, -0.25) is 0 Å². The summed E-state index contributed by atoms with van der Waals surface area (Å²) >= 11 is 0. The minimum absolute atomic E-state index is 0.0370. The van der Waals surface area contributed by atoms with Crippen molar-refractivity contribution in [2.45, 2.75) is 18.9 Å². The molecule has 0 aliphatic carbocycles. The van der Waals surface area contributed by atoms with Gasteiger partial charge in [-0.25, -0.2) is 9.37 Å². The minimum Gasteiger partial charge on any atom is -0.489 e. The van der Waals surface area contributed by atoms with E-state index in [4.69, 9.17) is 15.2 Å². The van der Waals surface area contributed by atoms with Crippen LogP contribution in [-0.2, 0) is 4.74 Å². The highest BCUT2D eigenvalue weighted by atomic mass is 19.1. The molecule has 0 saturated carbocycles. The minimum atomic E-state index is -0.485. The molecule has 0 atom stereocenters.